The summed E-state index contributed by atoms with van der Waals surface area (Å²) < 4.78 is 16.3. The van der Waals surface area contributed by atoms with E-state index in [1.807, 2.05) is 19.2 Å². The summed E-state index contributed by atoms with van der Waals surface area (Å²) in [5, 5.41) is 5.48. The summed E-state index contributed by atoms with van der Waals surface area (Å²) in [6.07, 6.45) is 0.995. The van der Waals surface area contributed by atoms with E-state index in [1.54, 1.807) is 39.7 Å². The molecule has 1 aromatic heterocycles. The van der Waals surface area contributed by atoms with Gasteiger partial charge >= 0.3 is 0 Å². The van der Waals surface area contributed by atoms with Crippen molar-refractivity contribution in [1.82, 2.24) is 10.2 Å². The Labute approximate surface area is 182 Å². The summed E-state index contributed by atoms with van der Waals surface area (Å²) in [6, 6.07) is 8.08. The maximum Gasteiger partial charge on any atom is 0.203 e. The highest BCUT2D eigenvalue weighted by Gasteiger charge is 2.16. The van der Waals surface area contributed by atoms with E-state index in [0.29, 0.717) is 23.8 Å². The van der Waals surface area contributed by atoms with E-state index in [2.05, 4.69) is 32.7 Å². The van der Waals surface area contributed by atoms with Gasteiger partial charge in [0.05, 0.1) is 21.3 Å². The lowest BCUT2D eigenvalue weighted by Gasteiger charge is -2.23. The first-order chi connectivity index (χ1) is 12.6. The molecule has 1 aromatic carbocycles. The molecule has 0 saturated heterocycles. The van der Waals surface area contributed by atoms with Gasteiger partial charge in [0.1, 0.15) is 0 Å². The van der Waals surface area contributed by atoms with E-state index in [4.69, 9.17) is 14.2 Å². The second-order valence-corrected chi connectivity index (χ2v) is 6.68. The zero-order valence-electron chi connectivity index (χ0n) is 16.4. The van der Waals surface area contributed by atoms with Crippen LogP contribution < -0.4 is 19.5 Å². The lowest BCUT2D eigenvalue weighted by molar-refractivity contribution is 0.322. The lowest BCUT2D eigenvalue weighted by Crippen LogP contribution is -2.39. The Hall–Kier alpha value is -1.68. The van der Waals surface area contributed by atoms with Crippen molar-refractivity contribution in [1.29, 1.82) is 0 Å². The number of methoxy groups -OCH3 is 3. The van der Waals surface area contributed by atoms with Crippen molar-refractivity contribution in [3.8, 4) is 17.2 Å². The summed E-state index contributed by atoms with van der Waals surface area (Å²) in [4.78, 5) is 7.86. The second kappa shape index (κ2) is 11.9. The summed E-state index contributed by atoms with van der Waals surface area (Å²) in [7, 11) is 8.67. The van der Waals surface area contributed by atoms with Gasteiger partial charge in [-0.2, -0.15) is 0 Å². The first-order valence-corrected chi connectivity index (χ1v) is 9.24. The molecule has 8 heteroatoms. The number of likely N-dealkylation sites (N-methyl/N-ethyl adjacent to an activating group) is 1. The molecule has 0 spiro atoms. The highest BCUT2D eigenvalue weighted by atomic mass is 127. The van der Waals surface area contributed by atoms with Crippen LogP contribution in [0.1, 0.15) is 10.4 Å². The Morgan fingerprint density at radius 2 is 1.85 bits per heavy atom. The monoisotopic (exact) mass is 505 g/mol. The van der Waals surface area contributed by atoms with Crippen LogP contribution in [-0.2, 0) is 13.0 Å². The maximum atomic E-state index is 5.54. The van der Waals surface area contributed by atoms with Gasteiger partial charge in [0.15, 0.2) is 17.5 Å². The average molecular weight is 505 g/mol. The molecular weight excluding hydrogens is 477 g/mol. The van der Waals surface area contributed by atoms with Crippen LogP contribution in [0.4, 0.5) is 0 Å². The third-order valence-electron chi connectivity index (χ3n) is 4.07. The average Bonchev–Trinajstić information content (AvgIpc) is 3.19. The normalized spacial score (nSPS) is 10.8. The minimum atomic E-state index is 0. The minimum absolute atomic E-state index is 0. The van der Waals surface area contributed by atoms with Crippen LogP contribution >= 0.6 is 35.3 Å². The molecule has 0 saturated carbocycles. The number of benzene rings is 1. The number of rotatable bonds is 8. The maximum absolute atomic E-state index is 5.54. The van der Waals surface area contributed by atoms with Crippen LogP contribution in [0.3, 0.4) is 0 Å². The van der Waals surface area contributed by atoms with E-state index in [0.717, 1.165) is 24.5 Å². The van der Waals surface area contributed by atoms with Crippen molar-refractivity contribution in [3.63, 3.8) is 0 Å². The molecule has 0 bridgehead atoms. The van der Waals surface area contributed by atoms with Crippen LogP contribution in [0.5, 0.6) is 17.2 Å². The first-order valence-electron chi connectivity index (χ1n) is 8.36. The van der Waals surface area contributed by atoms with Crippen molar-refractivity contribution < 1.29 is 14.2 Å². The Balaban J connectivity index is 0.00000364. The van der Waals surface area contributed by atoms with Gasteiger partial charge in [-0.1, -0.05) is 6.07 Å². The molecule has 27 heavy (non-hydrogen) atoms. The highest BCUT2D eigenvalue weighted by molar-refractivity contribution is 14.0. The Morgan fingerprint density at radius 1 is 1.11 bits per heavy atom. The fraction of sp³-hybridized carbons (Fsp3) is 0.421. The van der Waals surface area contributed by atoms with Crippen molar-refractivity contribution in [3.05, 3.63) is 40.1 Å². The van der Waals surface area contributed by atoms with E-state index in [9.17, 15) is 0 Å². The van der Waals surface area contributed by atoms with E-state index < -0.39 is 0 Å². The number of halogens is 1. The molecule has 0 aliphatic heterocycles. The number of aliphatic imine (C=N–C) groups is 1. The van der Waals surface area contributed by atoms with Gasteiger partial charge < -0.3 is 24.4 Å². The predicted octanol–water partition coefficient (Wildman–Crippen LogP) is 3.64. The van der Waals surface area contributed by atoms with E-state index >= 15 is 0 Å². The van der Waals surface area contributed by atoms with Gasteiger partial charge in [-0.25, -0.2) is 0 Å². The number of guanidine groups is 1. The topological polar surface area (TPSA) is 55.3 Å². The third-order valence-corrected chi connectivity index (χ3v) is 5.01. The molecule has 2 rings (SSSR count). The number of hydrogen-bond acceptors (Lipinski definition) is 5. The van der Waals surface area contributed by atoms with Crippen LogP contribution in [0.2, 0.25) is 0 Å². The fourth-order valence-electron chi connectivity index (χ4n) is 2.70. The SMILES string of the molecule is CN=C(NCc1ccc(OC)c(OC)c1OC)N(C)CCc1cccs1.I. The Kier molecular flexibility index (Phi) is 10.3. The van der Waals surface area contributed by atoms with E-state index in [1.165, 1.54) is 4.88 Å². The van der Waals surface area contributed by atoms with Crippen molar-refractivity contribution in [2.45, 2.75) is 13.0 Å². The van der Waals surface area contributed by atoms with Gasteiger partial charge in [-0.15, -0.1) is 35.3 Å². The smallest absolute Gasteiger partial charge is 0.203 e. The fourth-order valence-corrected chi connectivity index (χ4v) is 3.40. The molecule has 150 valence electrons. The van der Waals surface area contributed by atoms with Crippen molar-refractivity contribution in [2.75, 3.05) is 42.0 Å². The molecule has 0 aliphatic carbocycles. The molecule has 2 aromatic rings. The van der Waals surface area contributed by atoms with Crippen LogP contribution in [0.25, 0.3) is 0 Å². The van der Waals surface area contributed by atoms with Crippen LogP contribution in [-0.4, -0.2) is 52.8 Å². The minimum Gasteiger partial charge on any atom is -0.493 e. The van der Waals surface area contributed by atoms with E-state index in [-0.39, 0.29) is 24.0 Å². The van der Waals surface area contributed by atoms with Gasteiger partial charge in [0, 0.05) is 37.6 Å². The zero-order chi connectivity index (χ0) is 18.9. The molecule has 0 atom stereocenters. The number of nitrogens with zero attached hydrogens (tertiary/aromatic N) is 2. The summed E-state index contributed by atoms with van der Waals surface area (Å²) in [6.45, 7) is 1.46. The molecule has 0 aliphatic rings. The lowest BCUT2D eigenvalue weighted by atomic mass is 10.1. The molecule has 0 radical (unpaired) electrons. The predicted molar refractivity (Wildman–Crippen MR) is 122 cm³/mol. The van der Waals surface area contributed by atoms with Crippen molar-refractivity contribution >= 4 is 41.3 Å². The molecular formula is C19H28IN3O3S. The number of ether oxygens (including phenoxy) is 3. The van der Waals surface area contributed by atoms with Crippen molar-refractivity contribution in [2.24, 2.45) is 4.99 Å². The second-order valence-electron chi connectivity index (χ2n) is 5.65. The van der Waals surface area contributed by atoms with Gasteiger partial charge in [-0.3, -0.25) is 4.99 Å². The Bertz CT molecular complexity index is 723. The third kappa shape index (κ3) is 6.17. The van der Waals surface area contributed by atoms with Gasteiger partial charge in [0.2, 0.25) is 5.75 Å². The molecule has 1 N–H and O–H groups in total. The first kappa shape index (κ1) is 23.4. The molecule has 0 unspecified atom stereocenters. The number of thiophene rings is 1. The molecule has 0 amide bonds. The summed E-state index contributed by atoms with van der Waals surface area (Å²) in [5.41, 5.74) is 0.970. The van der Waals surface area contributed by atoms with Gasteiger partial charge in [-0.05, 0) is 30.0 Å². The number of hydrogen-bond donors (Lipinski definition) is 1. The standard InChI is InChI=1S/C19H27N3O3S.HI/c1-20-19(22(2)11-10-15-7-6-12-26-15)21-13-14-8-9-16(23-3)18(25-5)17(14)24-4;/h6-9,12H,10-11,13H2,1-5H3,(H,20,21);1H. The van der Waals surface area contributed by atoms with Crippen LogP contribution in [0, 0.1) is 0 Å². The quantitative estimate of drug-likeness (QED) is 0.338. The number of nitrogens with one attached hydrogen (secondary N) is 1. The summed E-state index contributed by atoms with van der Waals surface area (Å²) in [5.74, 6) is 2.73. The molecule has 6 nitrogen and oxygen atoms in total. The van der Waals surface area contributed by atoms with Crippen LogP contribution in [0.15, 0.2) is 34.6 Å². The van der Waals surface area contributed by atoms with Gasteiger partial charge in [0.25, 0.3) is 0 Å². The zero-order valence-corrected chi connectivity index (χ0v) is 19.6. The summed E-state index contributed by atoms with van der Waals surface area (Å²) >= 11 is 1.78. The molecule has 1 heterocycles. The highest BCUT2D eigenvalue weighted by Crippen LogP contribution is 2.39. The molecule has 0 fully saturated rings. The largest absolute Gasteiger partial charge is 0.493 e. The Morgan fingerprint density at radius 3 is 2.41 bits per heavy atom.